The third-order valence-electron chi connectivity index (χ3n) is 2.39. The Labute approximate surface area is 96.6 Å². The molecule has 16 heavy (non-hydrogen) atoms. The van der Waals surface area contributed by atoms with Crippen molar-refractivity contribution >= 4 is 12.1 Å². The van der Waals surface area contributed by atoms with E-state index in [1.165, 1.54) is 0 Å². The molecule has 0 aromatic heterocycles. The SMILES string of the molecule is CN=CNC(C(=O)c1ccccc1)C(C)C. The fraction of sp³-hybridized carbons (Fsp3) is 0.385. The predicted octanol–water partition coefficient (Wildman–Crippen LogP) is 2.14. The molecule has 1 N–H and O–H groups in total. The van der Waals surface area contributed by atoms with E-state index in [2.05, 4.69) is 10.3 Å². The zero-order valence-corrected chi connectivity index (χ0v) is 9.97. The number of ketones is 1. The van der Waals surface area contributed by atoms with Gasteiger partial charge >= 0.3 is 0 Å². The third-order valence-corrected chi connectivity index (χ3v) is 2.39. The van der Waals surface area contributed by atoms with E-state index in [9.17, 15) is 4.79 Å². The Morgan fingerprint density at radius 1 is 1.31 bits per heavy atom. The van der Waals surface area contributed by atoms with E-state index in [0.29, 0.717) is 0 Å². The maximum Gasteiger partial charge on any atom is 0.185 e. The Balaban J connectivity index is 2.83. The number of nitrogens with one attached hydrogen (secondary N) is 1. The fourth-order valence-corrected chi connectivity index (χ4v) is 1.51. The van der Waals surface area contributed by atoms with Gasteiger partial charge in [0.05, 0.1) is 12.4 Å². The zero-order valence-electron chi connectivity index (χ0n) is 9.97. The smallest absolute Gasteiger partial charge is 0.185 e. The standard InChI is InChI=1S/C13H18N2O/c1-10(2)12(15-9-14-3)13(16)11-7-5-4-6-8-11/h4-10,12H,1-3H3,(H,14,15). The van der Waals surface area contributed by atoms with Gasteiger partial charge in [0.25, 0.3) is 0 Å². The van der Waals surface area contributed by atoms with E-state index in [1.54, 1.807) is 13.4 Å². The van der Waals surface area contributed by atoms with Crippen molar-refractivity contribution < 1.29 is 4.79 Å². The highest BCUT2D eigenvalue weighted by molar-refractivity contribution is 6.01. The number of carbonyl (C=O) groups is 1. The first-order chi connectivity index (χ1) is 7.66. The van der Waals surface area contributed by atoms with Crippen LogP contribution in [0.2, 0.25) is 0 Å². The van der Waals surface area contributed by atoms with Crippen molar-refractivity contribution in [2.24, 2.45) is 10.9 Å². The van der Waals surface area contributed by atoms with Crippen LogP contribution in [0.15, 0.2) is 35.3 Å². The molecule has 1 aromatic carbocycles. The Kier molecular flexibility index (Phi) is 4.70. The van der Waals surface area contributed by atoms with Gasteiger partial charge in [-0.25, -0.2) is 0 Å². The van der Waals surface area contributed by atoms with Crippen LogP contribution in [0.4, 0.5) is 0 Å². The van der Waals surface area contributed by atoms with Crippen molar-refractivity contribution in [3.63, 3.8) is 0 Å². The summed E-state index contributed by atoms with van der Waals surface area (Å²) in [7, 11) is 1.68. The molecule has 0 bridgehead atoms. The van der Waals surface area contributed by atoms with Crippen molar-refractivity contribution in [3.05, 3.63) is 35.9 Å². The molecule has 0 heterocycles. The van der Waals surface area contributed by atoms with Gasteiger partial charge in [0.15, 0.2) is 5.78 Å². The van der Waals surface area contributed by atoms with Crippen molar-refractivity contribution in [1.82, 2.24) is 5.32 Å². The van der Waals surface area contributed by atoms with Gasteiger partial charge in [-0.1, -0.05) is 44.2 Å². The number of carbonyl (C=O) groups excluding carboxylic acids is 1. The lowest BCUT2D eigenvalue weighted by molar-refractivity contribution is 0.0930. The topological polar surface area (TPSA) is 41.5 Å². The quantitative estimate of drug-likeness (QED) is 0.467. The molecule has 0 fully saturated rings. The summed E-state index contributed by atoms with van der Waals surface area (Å²) in [5, 5.41) is 3.03. The van der Waals surface area contributed by atoms with Crippen LogP contribution in [0.5, 0.6) is 0 Å². The molecule has 0 radical (unpaired) electrons. The molecule has 1 aromatic rings. The van der Waals surface area contributed by atoms with Gasteiger partial charge in [0.2, 0.25) is 0 Å². The summed E-state index contributed by atoms with van der Waals surface area (Å²) < 4.78 is 0. The first kappa shape index (κ1) is 12.4. The zero-order chi connectivity index (χ0) is 12.0. The third kappa shape index (κ3) is 3.19. The van der Waals surface area contributed by atoms with Gasteiger partial charge in [-0.3, -0.25) is 9.79 Å². The second-order valence-electron chi connectivity index (χ2n) is 4.01. The van der Waals surface area contributed by atoms with E-state index in [0.717, 1.165) is 5.56 Å². The summed E-state index contributed by atoms with van der Waals surface area (Å²) in [5.41, 5.74) is 0.734. The van der Waals surface area contributed by atoms with Gasteiger partial charge in [-0.2, -0.15) is 0 Å². The Morgan fingerprint density at radius 3 is 2.44 bits per heavy atom. The van der Waals surface area contributed by atoms with E-state index < -0.39 is 0 Å². The Hall–Kier alpha value is -1.64. The van der Waals surface area contributed by atoms with Crippen LogP contribution >= 0.6 is 0 Å². The molecular weight excluding hydrogens is 200 g/mol. The summed E-state index contributed by atoms with van der Waals surface area (Å²) in [6, 6.07) is 9.11. The van der Waals surface area contributed by atoms with Gasteiger partial charge in [-0.15, -0.1) is 0 Å². The molecule has 0 aliphatic heterocycles. The molecule has 1 unspecified atom stereocenters. The van der Waals surface area contributed by atoms with Crippen LogP contribution in [0, 0.1) is 5.92 Å². The number of rotatable bonds is 5. The summed E-state index contributed by atoms with van der Waals surface area (Å²) in [6.45, 7) is 4.03. The molecule has 1 atom stereocenters. The lowest BCUT2D eigenvalue weighted by Gasteiger charge is -2.19. The van der Waals surface area contributed by atoms with Crippen LogP contribution in [0.25, 0.3) is 0 Å². The average Bonchev–Trinajstić information content (AvgIpc) is 2.30. The average molecular weight is 218 g/mol. The van der Waals surface area contributed by atoms with Gasteiger partial charge in [0, 0.05) is 12.6 Å². The van der Waals surface area contributed by atoms with Crippen molar-refractivity contribution in [3.8, 4) is 0 Å². The molecule has 0 spiro atoms. The van der Waals surface area contributed by atoms with Crippen LogP contribution < -0.4 is 5.32 Å². The summed E-state index contributed by atoms with van der Waals surface area (Å²) in [4.78, 5) is 16.0. The van der Waals surface area contributed by atoms with Crippen LogP contribution in [0.1, 0.15) is 24.2 Å². The minimum absolute atomic E-state index is 0.107. The second kappa shape index (κ2) is 6.05. The largest absolute Gasteiger partial charge is 0.366 e. The minimum atomic E-state index is -0.217. The summed E-state index contributed by atoms with van der Waals surface area (Å²) in [5.74, 6) is 0.334. The van der Waals surface area contributed by atoms with E-state index in [1.807, 2.05) is 44.2 Å². The minimum Gasteiger partial charge on any atom is -0.366 e. The number of hydrogen-bond acceptors (Lipinski definition) is 2. The first-order valence-corrected chi connectivity index (χ1v) is 5.42. The van der Waals surface area contributed by atoms with Crippen molar-refractivity contribution in [1.29, 1.82) is 0 Å². The molecule has 0 amide bonds. The molecule has 0 saturated heterocycles. The highest BCUT2D eigenvalue weighted by Crippen LogP contribution is 2.09. The molecule has 0 aliphatic carbocycles. The lowest BCUT2D eigenvalue weighted by Crippen LogP contribution is -2.40. The number of hydrogen-bond donors (Lipinski definition) is 1. The highest BCUT2D eigenvalue weighted by Gasteiger charge is 2.21. The highest BCUT2D eigenvalue weighted by atomic mass is 16.1. The van der Waals surface area contributed by atoms with Crippen molar-refractivity contribution in [2.75, 3.05) is 7.05 Å². The molecular formula is C13H18N2O. The number of aliphatic imine (C=N–C) groups is 1. The predicted molar refractivity (Wildman–Crippen MR) is 67.0 cm³/mol. The maximum absolute atomic E-state index is 12.2. The van der Waals surface area contributed by atoms with Crippen LogP contribution in [-0.4, -0.2) is 25.2 Å². The molecule has 3 heteroatoms. The Bertz CT molecular complexity index is 357. The van der Waals surface area contributed by atoms with Gasteiger partial charge in [0.1, 0.15) is 0 Å². The van der Waals surface area contributed by atoms with E-state index >= 15 is 0 Å². The number of benzene rings is 1. The Morgan fingerprint density at radius 2 is 1.94 bits per heavy atom. The monoisotopic (exact) mass is 218 g/mol. The maximum atomic E-state index is 12.2. The first-order valence-electron chi connectivity index (χ1n) is 5.42. The molecule has 1 rings (SSSR count). The van der Waals surface area contributed by atoms with Crippen molar-refractivity contribution in [2.45, 2.75) is 19.9 Å². The number of Topliss-reactive ketones (excluding diaryl/α,β-unsaturated/α-hetero) is 1. The van der Waals surface area contributed by atoms with E-state index in [4.69, 9.17) is 0 Å². The molecule has 86 valence electrons. The molecule has 3 nitrogen and oxygen atoms in total. The molecule has 0 saturated carbocycles. The summed E-state index contributed by atoms with van der Waals surface area (Å²) in [6.07, 6.45) is 1.57. The van der Waals surface area contributed by atoms with Gasteiger partial charge < -0.3 is 5.32 Å². The number of nitrogens with zero attached hydrogens (tertiary/aromatic N) is 1. The summed E-state index contributed by atoms with van der Waals surface area (Å²) >= 11 is 0. The van der Waals surface area contributed by atoms with Gasteiger partial charge in [-0.05, 0) is 5.92 Å². The normalized spacial score (nSPS) is 13.0. The van der Waals surface area contributed by atoms with Crippen LogP contribution in [-0.2, 0) is 0 Å². The molecule has 0 aliphatic rings. The lowest BCUT2D eigenvalue weighted by atomic mass is 9.95. The fourth-order valence-electron chi connectivity index (χ4n) is 1.51. The second-order valence-corrected chi connectivity index (χ2v) is 4.01. The van der Waals surface area contributed by atoms with E-state index in [-0.39, 0.29) is 17.7 Å². The van der Waals surface area contributed by atoms with Crippen LogP contribution in [0.3, 0.4) is 0 Å².